The van der Waals surface area contributed by atoms with Gasteiger partial charge in [0, 0.05) is 18.3 Å². The molecule has 3 heteroatoms. The molecule has 4 aliphatic carbocycles. The molecule has 4 rings (SSSR count). The predicted octanol–water partition coefficient (Wildman–Crippen LogP) is 3.10. The van der Waals surface area contributed by atoms with Gasteiger partial charge in [-0.25, -0.2) is 0 Å². The largest absolute Gasteiger partial charge is 0.396 e. The molecular formula is C20H30O3. The van der Waals surface area contributed by atoms with Crippen LogP contribution in [0.15, 0.2) is 12.2 Å². The summed E-state index contributed by atoms with van der Waals surface area (Å²) in [5.74, 6) is 1.75. The van der Waals surface area contributed by atoms with E-state index in [2.05, 4.69) is 13.5 Å². The molecule has 2 bridgehead atoms. The summed E-state index contributed by atoms with van der Waals surface area (Å²) in [5, 5.41) is 20.1. The molecule has 0 saturated heterocycles. The number of hydrogen-bond acceptors (Lipinski definition) is 3. The Bertz CT molecular complexity index is 549. The Labute approximate surface area is 139 Å². The van der Waals surface area contributed by atoms with Crippen molar-refractivity contribution in [2.75, 3.05) is 13.2 Å². The number of carbonyl (C=O) groups excluding carboxylic acids is 1. The van der Waals surface area contributed by atoms with Crippen LogP contribution in [0, 0.1) is 34.0 Å². The van der Waals surface area contributed by atoms with Crippen LogP contribution in [0.4, 0.5) is 0 Å². The molecule has 5 atom stereocenters. The SMILES string of the molecule is C=C1CC23CCC4C(CO)(CO)CC(=O)CC4(C)C2CCC1C3. The van der Waals surface area contributed by atoms with Crippen LogP contribution in [0.3, 0.4) is 0 Å². The normalized spacial score (nSPS) is 48.0. The highest BCUT2D eigenvalue weighted by atomic mass is 16.3. The molecule has 23 heavy (non-hydrogen) atoms. The number of hydrogen-bond donors (Lipinski definition) is 2. The maximum absolute atomic E-state index is 12.6. The zero-order valence-electron chi connectivity index (χ0n) is 14.3. The quantitative estimate of drug-likeness (QED) is 0.769. The summed E-state index contributed by atoms with van der Waals surface area (Å²) in [6.07, 6.45) is 8.04. The van der Waals surface area contributed by atoms with Gasteiger partial charge in [0.05, 0.1) is 13.2 Å². The van der Waals surface area contributed by atoms with E-state index in [1.165, 1.54) is 31.3 Å². The average molecular weight is 318 g/mol. The van der Waals surface area contributed by atoms with Crippen LogP contribution in [0.2, 0.25) is 0 Å². The fourth-order valence-electron chi connectivity index (χ4n) is 7.59. The highest BCUT2D eigenvalue weighted by Gasteiger charge is 2.65. The van der Waals surface area contributed by atoms with Crippen LogP contribution in [-0.2, 0) is 4.79 Å². The van der Waals surface area contributed by atoms with E-state index < -0.39 is 5.41 Å². The van der Waals surface area contributed by atoms with Gasteiger partial charge < -0.3 is 10.2 Å². The molecule has 0 aliphatic heterocycles. The van der Waals surface area contributed by atoms with Gasteiger partial charge in [-0.2, -0.15) is 0 Å². The fraction of sp³-hybridized carbons (Fsp3) is 0.850. The smallest absolute Gasteiger partial charge is 0.134 e. The van der Waals surface area contributed by atoms with Gasteiger partial charge in [-0.05, 0) is 67.1 Å². The number of aliphatic hydroxyl groups excluding tert-OH is 2. The zero-order valence-corrected chi connectivity index (χ0v) is 14.3. The van der Waals surface area contributed by atoms with Gasteiger partial charge in [-0.3, -0.25) is 4.79 Å². The van der Waals surface area contributed by atoms with E-state index in [1.807, 2.05) is 0 Å². The van der Waals surface area contributed by atoms with E-state index in [9.17, 15) is 15.0 Å². The number of Topliss-reactive ketones (excluding diaryl/α,β-unsaturated/α-hetero) is 1. The maximum atomic E-state index is 12.6. The molecule has 4 saturated carbocycles. The van der Waals surface area contributed by atoms with Crippen molar-refractivity contribution in [1.29, 1.82) is 0 Å². The topological polar surface area (TPSA) is 57.5 Å². The van der Waals surface area contributed by atoms with E-state index in [0.29, 0.717) is 30.1 Å². The first kappa shape index (κ1) is 15.8. The van der Waals surface area contributed by atoms with E-state index in [1.54, 1.807) is 0 Å². The Hall–Kier alpha value is -0.670. The lowest BCUT2D eigenvalue weighted by atomic mass is 9.40. The summed E-state index contributed by atoms with van der Waals surface area (Å²) in [7, 11) is 0. The Morgan fingerprint density at radius 3 is 2.52 bits per heavy atom. The number of ketones is 1. The molecule has 3 nitrogen and oxygen atoms in total. The molecule has 0 heterocycles. The van der Waals surface area contributed by atoms with Crippen LogP contribution in [0.1, 0.15) is 58.3 Å². The second kappa shape index (κ2) is 4.92. The molecule has 0 aromatic carbocycles. The van der Waals surface area contributed by atoms with E-state index in [4.69, 9.17) is 0 Å². The third-order valence-corrected chi connectivity index (χ3v) is 8.37. The predicted molar refractivity (Wildman–Crippen MR) is 88.7 cm³/mol. The van der Waals surface area contributed by atoms with Crippen molar-refractivity contribution in [2.45, 2.75) is 58.3 Å². The second-order valence-electron chi connectivity index (χ2n) is 9.40. The van der Waals surface area contributed by atoms with Crippen molar-refractivity contribution in [3.05, 3.63) is 12.2 Å². The van der Waals surface area contributed by atoms with Crippen molar-refractivity contribution in [2.24, 2.45) is 34.0 Å². The molecule has 4 aliphatic rings. The summed E-state index contributed by atoms with van der Waals surface area (Å²) >= 11 is 0. The van der Waals surface area contributed by atoms with Gasteiger partial charge in [0.1, 0.15) is 5.78 Å². The number of carbonyl (C=O) groups is 1. The summed E-state index contributed by atoms with van der Waals surface area (Å²) in [6.45, 7) is 6.50. The first-order valence-corrected chi connectivity index (χ1v) is 9.30. The van der Waals surface area contributed by atoms with Gasteiger partial charge in [-0.15, -0.1) is 0 Å². The van der Waals surface area contributed by atoms with Gasteiger partial charge in [-0.1, -0.05) is 19.1 Å². The molecule has 0 aromatic rings. The van der Waals surface area contributed by atoms with Crippen LogP contribution >= 0.6 is 0 Å². The summed E-state index contributed by atoms with van der Waals surface area (Å²) in [5.41, 5.74) is 1.12. The Balaban J connectivity index is 1.77. The lowest BCUT2D eigenvalue weighted by Gasteiger charge is -2.63. The van der Waals surface area contributed by atoms with E-state index in [-0.39, 0.29) is 30.3 Å². The molecule has 1 spiro atoms. The molecule has 5 unspecified atom stereocenters. The standard InChI is InChI=1S/C20H30O3/c1-13-7-19-6-5-17-18(2,16(19)4-3-14(13)8-19)9-15(23)10-20(17,11-21)12-22/h14,16-17,21-22H,1,3-12H2,2H3. The van der Waals surface area contributed by atoms with Crippen LogP contribution < -0.4 is 0 Å². The van der Waals surface area contributed by atoms with Gasteiger partial charge in [0.25, 0.3) is 0 Å². The van der Waals surface area contributed by atoms with Gasteiger partial charge in [0.15, 0.2) is 0 Å². The Morgan fingerprint density at radius 2 is 1.83 bits per heavy atom. The van der Waals surface area contributed by atoms with Crippen molar-refractivity contribution in [1.82, 2.24) is 0 Å². The third kappa shape index (κ3) is 1.93. The Kier molecular flexibility index (Phi) is 3.39. The lowest BCUT2D eigenvalue weighted by Crippen LogP contribution is -2.60. The van der Waals surface area contributed by atoms with E-state index >= 15 is 0 Å². The first-order valence-electron chi connectivity index (χ1n) is 9.30. The summed E-state index contributed by atoms with van der Waals surface area (Å²) < 4.78 is 0. The van der Waals surface area contributed by atoms with Crippen molar-refractivity contribution >= 4 is 5.78 Å². The molecule has 2 N–H and O–H groups in total. The first-order chi connectivity index (χ1) is 10.9. The molecule has 128 valence electrons. The molecular weight excluding hydrogens is 288 g/mol. The lowest BCUT2D eigenvalue weighted by molar-refractivity contribution is -0.181. The number of allylic oxidation sites excluding steroid dienone is 1. The van der Waals surface area contributed by atoms with Gasteiger partial charge >= 0.3 is 0 Å². The summed E-state index contributed by atoms with van der Waals surface area (Å²) in [6, 6.07) is 0. The van der Waals surface area contributed by atoms with Crippen LogP contribution in [-0.4, -0.2) is 29.2 Å². The molecule has 0 aromatic heterocycles. The highest BCUT2D eigenvalue weighted by molar-refractivity contribution is 5.81. The zero-order chi connectivity index (χ0) is 16.5. The minimum absolute atomic E-state index is 0.0609. The van der Waals surface area contributed by atoms with Crippen molar-refractivity contribution in [3.8, 4) is 0 Å². The van der Waals surface area contributed by atoms with Crippen molar-refractivity contribution < 1.29 is 15.0 Å². The second-order valence-corrected chi connectivity index (χ2v) is 9.40. The Morgan fingerprint density at radius 1 is 1.09 bits per heavy atom. The van der Waals surface area contributed by atoms with Crippen LogP contribution in [0.25, 0.3) is 0 Å². The fourth-order valence-corrected chi connectivity index (χ4v) is 7.59. The minimum Gasteiger partial charge on any atom is -0.396 e. The molecule has 0 radical (unpaired) electrons. The third-order valence-electron chi connectivity index (χ3n) is 8.37. The van der Waals surface area contributed by atoms with Crippen molar-refractivity contribution in [3.63, 3.8) is 0 Å². The molecule has 4 fully saturated rings. The average Bonchev–Trinajstić information content (AvgIpc) is 2.74. The molecule has 0 amide bonds. The minimum atomic E-state index is -0.599. The highest BCUT2D eigenvalue weighted by Crippen LogP contribution is 2.71. The van der Waals surface area contributed by atoms with Crippen LogP contribution in [0.5, 0.6) is 0 Å². The number of aliphatic hydroxyl groups is 2. The monoisotopic (exact) mass is 318 g/mol. The van der Waals surface area contributed by atoms with E-state index in [0.717, 1.165) is 12.8 Å². The maximum Gasteiger partial charge on any atom is 0.134 e. The number of fused-ring (bicyclic) bond motifs is 3. The summed E-state index contributed by atoms with van der Waals surface area (Å²) in [4.78, 5) is 12.6. The number of rotatable bonds is 2. The van der Waals surface area contributed by atoms with Gasteiger partial charge in [0.2, 0.25) is 0 Å².